The highest BCUT2D eigenvalue weighted by atomic mass is 16.5. The maximum atomic E-state index is 11.6. The van der Waals surface area contributed by atoms with E-state index >= 15 is 0 Å². The van der Waals surface area contributed by atoms with E-state index in [2.05, 4.69) is 6.92 Å². The van der Waals surface area contributed by atoms with Crippen LogP contribution in [0.25, 0.3) is 0 Å². The molecule has 0 N–H and O–H groups in total. The Morgan fingerprint density at radius 3 is 2.33 bits per heavy atom. The van der Waals surface area contributed by atoms with Gasteiger partial charge < -0.3 is 4.74 Å². The summed E-state index contributed by atoms with van der Waals surface area (Å²) in [5.41, 5.74) is -0.452. The summed E-state index contributed by atoms with van der Waals surface area (Å²) in [7, 11) is 0. The molecule has 0 saturated carbocycles. The highest BCUT2D eigenvalue weighted by Crippen LogP contribution is 2.17. The van der Waals surface area contributed by atoms with Crippen LogP contribution >= 0.6 is 0 Å². The molecule has 0 aliphatic heterocycles. The number of esters is 1. The van der Waals surface area contributed by atoms with E-state index in [1.165, 1.54) is 0 Å². The zero-order valence-electron chi connectivity index (χ0n) is 10.5. The summed E-state index contributed by atoms with van der Waals surface area (Å²) in [6.45, 7) is 9.51. The van der Waals surface area contributed by atoms with Crippen molar-refractivity contribution in [3.8, 4) is 0 Å². The molecule has 0 aromatic heterocycles. The van der Waals surface area contributed by atoms with Crippen molar-refractivity contribution in [2.24, 2.45) is 5.41 Å². The topological polar surface area (TPSA) is 26.3 Å². The highest BCUT2D eigenvalue weighted by Gasteiger charge is 2.23. The summed E-state index contributed by atoms with van der Waals surface area (Å²) in [5.74, 6) is 0.431. The van der Waals surface area contributed by atoms with Gasteiger partial charge in [0.1, 0.15) is 5.76 Å². The van der Waals surface area contributed by atoms with Gasteiger partial charge in [-0.15, -0.1) is 0 Å². The predicted molar refractivity (Wildman–Crippen MR) is 63.4 cm³/mol. The number of ether oxygens (including phenoxy) is 1. The van der Waals surface area contributed by atoms with Crippen LogP contribution in [-0.4, -0.2) is 5.97 Å². The van der Waals surface area contributed by atoms with Crippen molar-refractivity contribution in [2.75, 3.05) is 0 Å². The van der Waals surface area contributed by atoms with E-state index in [1.807, 2.05) is 39.8 Å². The predicted octanol–water partition coefficient (Wildman–Crippen LogP) is 3.84. The Morgan fingerprint density at radius 1 is 1.33 bits per heavy atom. The number of allylic oxidation sites excluding steroid dienone is 3. The van der Waals surface area contributed by atoms with Crippen LogP contribution < -0.4 is 0 Å². The molecule has 0 radical (unpaired) electrons. The van der Waals surface area contributed by atoms with Gasteiger partial charge in [0.25, 0.3) is 0 Å². The molecule has 0 unspecified atom stereocenters. The van der Waals surface area contributed by atoms with Crippen LogP contribution in [0, 0.1) is 5.41 Å². The fourth-order valence-corrected chi connectivity index (χ4v) is 0.815. The molecule has 0 amide bonds. The Kier molecular flexibility index (Phi) is 5.99. The smallest absolute Gasteiger partial charge is 0.316 e. The summed E-state index contributed by atoms with van der Waals surface area (Å²) < 4.78 is 5.25. The Balaban J connectivity index is 4.31. The Labute approximate surface area is 93.0 Å². The zero-order valence-corrected chi connectivity index (χ0v) is 10.5. The molecule has 0 aliphatic carbocycles. The van der Waals surface area contributed by atoms with Crippen LogP contribution in [0.3, 0.4) is 0 Å². The molecule has 0 heterocycles. The second kappa shape index (κ2) is 6.44. The van der Waals surface area contributed by atoms with Gasteiger partial charge >= 0.3 is 5.97 Å². The molecule has 0 rings (SSSR count). The first-order valence-electron chi connectivity index (χ1n) is 5.47. The first kappa shape index (κ1) is 13.9. The maximum Gasteiger partial charge on any atom is 0.316 e. The van der Waals surface area contributed by atoms with Crippen LogP contribution in [0.4, 0.5) is 0 Å². The average Bonchev–Trinajstić information content (AvgIpc) is 2.14. The summed E-state index contributed by atoms with van der Waals surface area (Å²) in [5, 5.41) is 0. The average molecular weight is 210 g/mol. The third-order valence-corrected chi connectivity index (χ3v) is 1.84. The molecule has 0 bridgehead atoms. The standard InChI is InChI=1S/C13H22O2/c1-6-8-9-10-11(7-2)15-12(14)13(3,4)5/h7,9-10H,6,8H2,1-5H3/b10-9+,11-7+. The molecule has 0 atom stereocenters. The van der Waals surface area contributed by atoms with Gasteiger partial charge in [-0.2, -0.15) is 0 Å². The van der Waals surface area contributed by atoms with Gasteiger partial charge in [0.15, 0.2) is 0 Å². The van der Waals surface area contributed by atoms with Gasteiger partial charge in [-0.05, 0) is 46.3 Å². The summed E-state index contributed by atoms with van der Waals surface area (Å²) in [4.78, 5) is 11.6. The first-order valence-corrected chi connectivity index (χ1v) is 5.47. The molecule has 2 heteroatoms. The fraction of sp³-hybridized carbons (Fsp3) is 0.615. The third-order valence-electron chi connectivity index (χ3n) is 1.84. The van der Waals surface area contributed by atoms with Gasteiger partial charge in [0, 0.05) is 0 Å². The van der Waals surface area contributed by atoms with Crippen LogP contribution in [0.2, 0.25) is 0 Å². The molecular weight excluding hydrogens is 188 g/mol. The van der Waals surface area contributed by atoms with Gasteiger partial charge in [0.2, 0.25) is 0 Å². The van der Waals surface area contributed by atoms with Crippen LogP contribution in [0.5, 0.6) is 0 Å². The Morgan fingerprint density at radius 2 is 1.93 bits per heavy atom. The number of carbonyl (C=O) groups excluding carboxylic acids is 1. The van der Waals surface area contributed by atoms with Crippen molar-refractivity contribution in [2.45, 2.75) is 47.5 Å². The van der Waals surface area contributed by atoms with Crippen molar-refractivity contribution in [1.29, 1.82) is 0 Å². The van der Waals surface area contributed by atoms with Crippen molar-refractivity contribution in [1.82, 2.24) is 0 Å². The minimum atomic E-state index is -0.452. The Bertz CT molecular complexity index is 254. The molecule has 15 heavy (non-hydrogen) atoms. The molecule has 0 aliphatic rings. The lowest BCUT2D eigenvalue weighted by Crippen LogP contribution is -2.22. The molecule has 0 saturated heterocycles. The van der Waals surface area contributed by atoms with Gasteiger partial charge in [-0.1, -0.05) is 19.4 Å². The van der Waals surface area contributed by atoms with E-state index in [0.717, 1.165) is 12.8 Å². The SMILES string of the molecule is C/C=C(\C=C\CCC)OC(=O)C(C)(C)C. The summed E-state index contributed by atoms with van der Waals surface area (Å²) in [6, 6.07) is 0. The zero-order chi connectivity index (χ0) is 11.9. The summed E-state index contributed by atoms with van der Waals surface area (Å²) in [6.07, 6.45) is 7.78. The van der Waals surface area contributed by atoms with Gasteiger partial charge in [0.05, 0.1) is 5.41 Å². The molecule has 86 valence electrons. The van der Waals surface area contributed by atoms with Crippen LogP contribution in [-0.2, 0) is 9.53 Å². The largest absolute Gasteiger partial charge is 0.427 e. The Hall–Kier alpha value is -1.05. The highest BCUT2D eigenvalue weighted by molar-refractivity contribution is 5.76. The van der Waals surface area contributed by atoms with E-state index in [4.69, 9.17) is 4.74 Å². The van der Waals surface area contributed by atoms with Crippen molar-refractivity contribution < 1.29 is 9.53 Å². The van der Waals surface area contributed by atoms with Crippen molar-refractivity contribution in [3.05, 3.63) is 24.0 Å². The second-order valence-electron chi connectivity index (χ2n) is 4.52. The molecule has 0 aromatic rings. The number of unbranched alkanes of at least 4 members (excludes halogenated alkanes) is 1. The fourth-order valence-electron chi connectivity index (χ4n) is 0.815. The maximum absolute atomic E-state index is 11.6. The van der Waals surface area contributed by atoms with E-state index in [-0.39, 0.29) is 5.97 Å². The molecule has 2 nitrogen and oxygen atoms in total. The van der Waals surface area contributed by atoms with Crippen LogP contribution in [0.1, 0.15) is 47.5 Å². The quantitative estimate of drug-likeness (QED) is 0.400. The lowest BCUT2D eigenvalue weighted by Gasteiger charge is -2.16. The number of hydrogen-bond acceptors (Lipinski definition) is 2. The lowest BCUT2D eigenvalue weighted by molar-refractivity contribution is -0.147. The van der Waals surface area contributed by atoms with Gasteiger partial charge in [-0.25, -0.2) is 0 Å². The normalized spacial score (nSPS) is 13.3. The number of hydrogen-bond donors (Lipinski definition) is 0. The number of carbonyl (C=O) groups is 1. The molecule has 0 spiro atoms. The molecule has 0 aromatic carbocycles. The summed E-state index contributed by atoms with van der Waals surface area (Å²) >= 11 is 0. The van der Waals surface area contributed by atoms with E-state index < -0.39 is 5.41 Å². The lowest BCUT2D eigenvalue weighted by atomic mass is 9.97. The van der Waals surface area contributed by atoms with Gasteiger partial charge in [-0.3, -0.25) is 4.79 Å². The first-order chi connectivity index (χ1) is 6.91. The second-order valence-corrected chi connectivity index (χ2v) is 4.52. The molecule has 0 fully saturated rings. The minimum Gasteiger partial charge on any atom is -0.427 e. The monoisotopic (exact) mass is 210 g/mol. The molecular formula is C13H22O2. The van der Waals surface area contributed by atoms with E-state index in [1.54, 1.807) is 6.08 Å². The third kappa shape index (κ3) is 6.10. The number of rotatable bonds is 4. The van der Waals surface area contributed by atoms with E-state index in [0.29, 0.717) is 5.76 Å². The van der Waals surface area contributed by atoms with Crippen molar-refractivity contribution in [3.63, 3.8) is 0 Å². The van der Waals surface area contributed by atoms with E-state index in [9.17, 15) is 4.79 Å². The van der Waals surface area contributed by atoms with Crippen molar-refractivity contribution >= 4 is 5.97 Å². The minimum absolute atomic E-state index is 0.197. The van der Waals surface area contributed by atoms with Crippen LogP contribution in [0.15, 0.2) is 24.0 Å².